The van der Waals surface area contributed by atoms with Crippen molar-refractivity contribution in [1.29, 1.82) is 0 Å². The molecule has 8 heteroatoms. The van der Waals surface area contributed by atoms with Gasteiger partial charge in [-0.05, 0) is 36.6 Å². The fourth-order valence-electron chi connectivity index (χ4n) is 3.48. The minimum absolute atomic E-state index is 0.254. The molecule has 27 heavy (non-hydrogen) atoms. The van der Waals surface area contributed by atoms with E-state index in [2.05, 4.69) is 0 Å². The molecular formula is C19H22N2O5S. The number of nitrogens with zero attached hydrogens (tertiary/aromatic N) is 2. The first-order valence-electron chi connectivity index (χ1n) is 8.84. The summed E-state index contributed by atoms with van der Waals surface area (Å²) in [5.74, 6) is 0.695. The Morgan fingerprint density at radius 3 is 2.44 bits per heavy atom. The van der Waals surface area contributed by atoms with Crippen LogP contribution in [0.4, 0.5) is 5.69 Å². The maximum absolute atomic E-state index is 13.4. The molecule has 0 amide bonds. The monoisotopic (exact) mass is 390 g/mol. The predicted molar refractivity (Wildman–Crippen MR) is 101 cm³/mol. The van der Waals surface area contributed by atoms with Gasteiger partial charge in [-0.25, -0.2) is 8.42 Å². The number of rotatable bonds is 5. The van der Waals surface area contributed by atoms with Crippen molar-refractivity contribution in [2.75, 3.05) is 13.7 Å². The smallest absolute Gasteiger partial charge is 0.289 e. The van der Waals surface area contributed by atoms with Crippen LogP contribution in [0.25, 0.3) is 0 Å². The Hall–Kier alpha value is -2.45. The summed E-state index contributed by atoms with van der Waals surface area (Å²) in [6, 6.07) is 12.5. The Labute approximate surface area is 158 Å². The van der Waals surface area contributed by atoms with Crippen LogP contribution >= 0.6 is 0 Å². The first-order valence-corrected chi connectivity index (χ1v) is 10.3. The van der Waals surface area contributed by atoms with Crippen molar-refractivity contribution in [2.24, 2.45) is 0 Å². The van der Waals surface area contributed by atoms with Crippen LogP contribution in [0, 0.1) is 10.1 Å². The SMILES string of the molecule is COc1ccc([C@@H]2CCCCCN2S(=O)(=O)c2ccccc2[N+](=O)[O-])cc1. The van der Waals surface area contributed by atoms with E-state index in [9.17, 15) is 18.5 Å². The molecule has 0 aromatic heterocycles. The molecule has 0 radical (unpaired) electrons. The van der Waals surface area contributed by atoms with Crippen LogP contribution in [0.5, 0.6) is 5.75 Å². The van der Waals surface area contributed by atoms with E-state index in [0.29, 0.717) is 18.7 Å². The summed E-state index contributed by atoms with van der Waals surface area (Å²) in [5, 5.41) is 11.3. The third kappa shape index (κ3) is 3.96. The van der Waals surface area contributed by atoms with E-state index in [-0.39, 0.29) is 10.9 Å². The summed E-state index contributed by atoms with van der Waals surface area (Å²) < 4.78 is 33.3. The Morgan fingerprint density at radius 2 is 1.78 bits per heavy atom. The van der Waals surface area contributed by atoms with Gasteiger partial charge in [0, 0.05) is 12.6 Å². The van der Waals surface area contributed by atoms with Crippen molar-refractivity contribution in [3.63, 3.8) is 0 Å². The van der Waals surface area contributed by atoms with Crippen LogP contribution < -0.4 is 4.74 Å². The zero-order valence-electron chi connectivity index (χ0n) is 15.1. The normalized spacial score (nSPS) is 18.6. The van der Waals surface area contributed by atoms with Crippen LogP contribution in [-0.2, 0) is 10.0 Å². The number of benzene rings is 2. The summed E-state index contributed by atoms with van der Waals surface area (Å²) in [7, 11) is -2.44. The van der Waals surface area contributed by atoms with E-state index in [1.165, 1.54) is 28.6 Å². The Balaban J connectivity index is 2.06. The molecular weight excluding hydrogens is 368 g/mol. The molecule has 1 fully saturated rings. The number of nitro groups is 1. The highest BCUT2D eigenvalue weighted by atomic mass is 32.2. The quantitative estimate of drug-likeness (QED) is 0.570. The first kappa shape index (κ1) is 19.3. The van der Waals surface area contributed by atoms with Crippen LogP contribution in [0.2, 0.25) is 0 Å². The Kier molecular flexibility index (Phi) is 5.76. The first-order chi connectivity index (χ1) is 12.9. The maximum Gasteiger partial charge on any atom is 0.289 e. The second kappa shape index (κ2) is 8.06. The molecule has 144 valence electrons. The second-order valence-electron chi connectivity index (χ2n) is 6.48. The van der Waals surface area contributed by atoms with Gasteiger partial charge in [-0.2, -0.15) is 4.31 Å². The van der Waals surface area contributed by atoms with E-state index in [4.69, 9.17) is 4.74 Å². The minimum atomic E-state index is -4.01. The van der Waals surface area contributed by atoms with E-state index in [1.54, 1.807) is 19.2 Å². The van der Waals surface area contributed by atoms with Gasteiger partial charge in [0.15, 0.2) is 4.90 Å². The number of sulfonamides is 1. The number of hydrogen-bond donors (Lipinski definition) is 0. The van der Waals surface area contributed by atoms with Gasteiger partial charge in [-0.15, -0.1) is 0 Å². The third-order valence-electron chi connectivity index (χ3n) is 4.85. The summed E-state index contributed by atoms with van der Waals surface area (Å²) in [6.45, 7) is 0.338. The Morgan fingerprint density at radius 1 is 1.07 bits per heavy atom. The summed E-state index contributed by atoms with van der Waals surface area (Å²) in [6.07, 6.45) is 3.23. The van der Waals surface area contributed by atoms with E-state index >= 15 is 0 Å². The van der Waals surface area contributed by atoms with Gasteiger partial charge in [0.05, 0.1) is 18.1 Å². The number of hydrogen-bond acceptors (Lipinski definition) is 5. The highest BCUT2D eigenvalue weighted by molar-refractivity contribution is 7.89. The zero-order chi connectivity index (χ0) is 19.4. The molecule has 1 aliphatic rings. The molecule has 0 unspecified atom stereocenters. The number of ether oxygens (including phenoxy) is 1. The van der Waals surface area contributed by atoms with Crippen LogP contribution in [0.3, 0.4) is 0 Å². The highest BCUT2D eigenvalue weighted by Gasteiger charge is 2.37. The molecule has 0 N–H and O–H groups in total. The van der Waals surface area contributed by atoms with Crippen molar-refractivity contribution in [3.05, 3.63) is 64.2 Å². The Bertz CT molecular complexity index is 912. The minimum Gasteiger partial charge on any atom is -0.497 e. The molecule has 0 spiro atoms. The fraction of sp³-hybridized carbons (Fsp3) is 0.368. The lowest BCUT2D eigenvalue weighted by Crippen LogP contribution is -2.35. The van der Waals surface area contributed by atoms with Crippen LogP contribution in [0.1, 0.15) is 37.3 Å². The fourth-order valence-corrected chi connectivity index (χ4v) is 5.32. The average molecular weight is 390 g/mol. The van der Waals surface area contributed by atoms with Gasteiger partial charge in [-0.1, -0.05) is 37.1 Å². The maximum atomic E-state index is 13.4. The highest BCUT2D eigenvalue weighted by Crippen LogP contribution is 2.37. The molecule has 2 aromatic carbocycles. The summed E-state index contributed by atoms with van der Waals surface area (Å²) >= 11 is 0. The van der Waals surface area contributed by atoms with Crippen molar-refractivity contribution in [2.45, 2.75) is 36.6 Å². The van der Waals surface area contributed by atoms with Crippen molar-refractivity contribution < 1.29 is 18.1 Å². The summed E-state index contributed by atoms with van der Waals surface area (Å²) in [5.41, 5.74) is 0.468. The summed E-state index contributed by atoms with van der Waals surface area (Å²) in [4.78, 5) is 10.4. The van der Waals surface area contributed by atoms with Crippen molar-refractivity contribution >= 4 is 15.7 Å². The largest absolute Gasteiger partial charge is 0.497 e. The van der Waals surface area contributed by atoms with Gasteiger partial charge in [-0.3, -0.25) is 10.1 Å². The van der Waals surface area contributed by atoms with Crippen LogP contribution in [-0.4, -0.2) is 31.3 Å². The molecule has 7 nitrogen and oxygen atoms in total. The number of methoxy groups -OCH3 is 1. The van der Waals surface area contributed by atoms with Gasteiger partial charge < -0.3 is 4.74 Å². The van der Waals surface area contributed by atoms with Gasteiger partial charge in [0.25, 0.3) is 5.69 Å². The molecule has 1 heterocycles. The third-order valence-corrected chi connectivity index (χ3v) is 6.81. The average Bonchev–Trinajstić information content (AvgIpc) is 2.94. The van der Waals surface area contributed by atoms with Gasteiger partial charge >= 0.3 is 0 Å². The lowest BCUT2D eigenvalue weighted by molar-refractivity contribution is -0.387. The molecule has 2 aromatic rings. The lowest BCUT2D eigenvalue weighted by atomic mass is 10.0. The van der Waals surface area contributed by atoms with Crippen LogP contribution in [0.15, 0.2) is 53.4 Å². The van der Waals surface area contributed by atoms with Crippen molar-refractivity contribution in [1.82, 2.24) is 4.31 Å². The van der Waals surface area contributed by atoms with E-state index in [1.807, 2.05) is 12.1 Å². The molecule has 1 aliphatic heterocycles. The van der Waals surface area contributed by atoms with E-state index in [0.717, 1.165) is 24.8 Å². The molecule has 0 bridgehead atoms. The molecule has 1 saturated heterocycles. The second-order valence-corrected chi connectivity index (χ2v) is 8.34. The van der Waals surface area contributed by atoms with Crippen molar-refractivity contribution in [3.8, 4) is 5.75 Å². The zero-order valence-corrected chi connectivity index (χ0v) is 15.9. The van der Waals surface area contributed by atoms with Gasteiger partial charge in [0.2, 0.25) is 10.0 Å². The topological polar surface area (TPSA) is 89.8 Å². The molecule has 0 saturated carbocycles. The molecule has 3 rings (SSSR count). The van der Waals surface area contributed by atoms with Gasteiger partial charge in [0.1, 0.15) is 5.75 Å². The number of para-hydroxylation sites is 1. The lowest BCUT2D eigenvalue weighted by Gasteiger charge is -2.29. The standard InChI is InChI=1S/C19H22N2O5S/c1-26-16-12-10-15(11-13-16)17-7-3-2-6-14-20(17)27(24,25)19-9-5-4-8-18(19)21(22)23/h4-5,8-13,17H,2-3,6-7,14H2,1H3/t17-/m0/s1. The van der Waals surface area contributed by atoms with E-state index < -0.39 is 20.6 Å². The predicted octanol–water partition coefficient (Wildman–Crippen LogP) is 3.91. The number of nitro benzene ring substituents is 1. The molecule has 1 atom stereocenters. The molecule has 0 aliphatic carbocycles.